The molecule has 110 valence electrons. The van der Waals surface area contributed by atoms with E-state index < -0.39 is 0 Å². The lowest BCUT2D eigenvalue weighted by Crippen LogP contribution is -2.38. The second-order valence-corrected chi connectivity index (χ2v) is 6.44. The van der Waals surface area contributed by atoms with Crippen LogP contribution in [0.4, 0.5) is 0 Å². The predicted molar refractivity (Wildman–Crippen MR) is 74.0 cm³/mol. The Kier molecular flexibility index (Phi) is 4.45. The zero-order valence-electron chi connectivity index (χ0n) is 12.2. The largest absolute Gasteiger partial charge is 0.379 e. The van der Waals surface area contributed by atoms with Crippen LogP contribution < -0.4 is 0 Å². The van der Waals surface area contributed by atoms with Crippen molar-refractivity contribution in [3.63, 3.8) is 0 Å². The van der Waals surface area contributed by atoms with Gasteiger partial charge in [-0.25, -0.2) is 0 Å². The lowest BCUT2D eigenvalue weighted by molar-refractivity contribution is -0.185. The van der Waals surface area contributed by atoms with Crippen LogP contribution in [0.2, 0.25) is 0 Å². The summed E-state index contributed by atoms with van der Waals surface area (Å²) in [6, 6.07) is 0. The standard InChI is InChI=1S/C16H28O3/c1-2-17-15-5-3-13(4-6-15)14-7-9-16(10-8-14)18-11-12-19-16/h13-15H,2-12H2,1H3. The van der Waals surface area contributed by atoms with Crippen LogP contribution >= 0.6 is 0 Å². The van der Waals surface area contributed by atoms with Crippen molar-refractivity contribution in [1.82, 2.24) is 0 Å². The zero-order valence-corrected chi connectivity index (χ0v) is 12.2. The van der Waals surface area contributed by atoms with Gasteiger partial charge in [-0.3, -0.25) is 0 Å². The highest BCUT2D eigenvalue weighted by atomic mass is 16.7. The van der Waals surface area contributed by atoms with Gasteiger partial charge in [0.05, 0.1) is 19.3 Å². The summed E-state index contributed by atoms with van der Waals surface area (Å²) in [4.78, 5) is 0. The molecule has 3 fully saturated rings. The third kappa shape index (κ3) is 3.14. The van der Waals surface area contributed by atoms with Crippen LogP contribution in [0.1, 0.15) is 58.3 Å². The molecule has 0 radical (unpaired) electrons. The first-order valence-corrected chi connectivity index (χ1v) is 8.21. The minimum absolute atomic E-state index is 0.182. The fraction of sp³-hybridized carbons (Fsp3) is 1.00. The lowest BCUT2D eigenvalue weighted by Gasteiger charge is -2.40. The molecule has 3 aliphatic rings. The van der Waals surface area contributed by atoms with Crippen LogP contribution in [0.15, 0.2) is 0 Å². The van der Waals surface area contributed by atoms with E-state index in [1.54, 1.807) is 0 Å². The average Bonchev–Trinajstić information content (AvgIpc) is 2.90. The van der Waals surface area contributed by atoms with Crippen molar-refractivity contribution < 1.29 is 14.2 Å². The quantitative estimate of drug-likeness (QED) is 0.784. The van der Waals surface area contributed by atoms with E-state index in [0.717, 1.165) is 44.5 Å². The van der Waals surface area contributed by atoms with Gasteiger partial charge >= 0.3 is 0 Å². The maximum atomic E-state index is 5.82. The van der Waals surface area contributed by atoms with E-state index in [1.165, 1.54) is 38.5 Å². The van der Waals surface area contributed by atoms with Gasteiger partial charge in [0, 0.05) is 19.4 Å². The third-order valence-electron chi connectivity index (χ3n) is 5.39. The molecule has 2 saturated carbocycles. The molecule has 1 saturated heterocycles. The molecule has 0 aromatic rings. The SMILES string of the molecule is CCOC1CCC(C2CCC3(CC2)OCCO3)CC1. The Morgan fingerprint density at radius 1 is 0.895 bits per heavy atom. The van der Waals surface area contributed by atoms with E-state index in [4.69, 9.17) is 14.2 Å². The Hall–Kier alpha value is -0.120. The van der Waals surface area contributed by atoms with Gasteiger partial charge in [-0.05, 0) is 57.3 Å². The fourth-order valence-corrected chi connectivity index (χ4v) is 4.30. The van der Waals surface area contributed by atoms with Crippen LogP contribution in [0.25, 0.3) is 0 Å². The summed E-state index contributed by atoms with van der Waals surface area (Å²) >= 11 is 0. The second kappa shape index (κ2) is 6.11. The fourth-order valence-electron chi connectivity index (χ4n) is 4.30. The Labute approximate surface area is 117 Å². The normalized spacial score (nSPS) is 35.8. The van der Waals surface area contributed by atoms with Crippen LogP contribution in [0.5, 0.6) is 0 Å². The predicted octanol–water partition coefficient (Wildman–Crippen LogP) is 3.52. The molecule has 3 rings (SSSR count). The molecule has 3 nitrogen and oxygen atoms in total. The Morgan fingerprint density at radius 3 is 2.05 bits per heavy atom. The summed E-state index contributed by atoms with van der Waals surface area (Å²) in [5.41, 5.74) is 0. The molecule has 0 unspecified atom stereocenters. The highest BCUT2D eigenvalue weighted by Gasteiger charge is 2.42. The van der Waals surface area contributed by atoms with Gasteiger partial charge in [-0.15, -0.1) is 0 Å². The van der Waals surface area contributed by atoms with Crippen molar-refractivity contribution in [1.29, 1.82) is 0 Å². The molecule has 0 bridgehead atoms. The van der Waals surface area contributed by atoms with Crippen LogP contribution in [-0.4, -0.2) is 31.7 Å². The van der Waals surface area contributed by atoms with Gasteiger partial charge in [-0.1, -0.05) is 0 Å². The summed E-state index contributed by atoms with van der Waals surface area (Å²) < 4.78 is 17.4. The van der Waals surface area contributed by atoms with Gasteiger partial charge < -0.3 is 14.2 Å². The summed E-state index contributed by atoms with van der Waals surface area (Å²) in [5, 5.41) is 0. The van der Waals surface area contributed by atoms with Crippen LogP contribution in [0.3, 0.4) is 0 Å². The molecule has 1 spiro atoms. The number of hydrogen-bond donors (Lipinski definition) is 0. The number of rotatable bonds is 3. The summed E-state index contributed by atoms with van der Waals surface area (Å²) in [5.74, 6) is 1.65. The minimum atomic E-state index is -0.182. The van der Waals surface area contributed by atoms with E-state index in [0.29, 0.717) is 6.10 Å². The van der Waals surface area contributed by atoms with Gasteiger partial charge in [-0.2, -0.15) is 0 Å². The first-order chi connectivity index (χ1) is 9.31. The van der Waals surface area contributed by atoms with Crippen LogP contribution in [0, 0.1) is 11.8 Å². The first-order valence-electron chi connectivity index (χ1n) is 8.21. The number of hydrogen-bond acceptors (Lipinski definition) is 3. The molecule has 3 heteroatoms. The van der Waals surface area contributed by atoms with Crippen molar-refractivity contribution in [2.45, 2.75) is 70.2 Å². The number of ether oxygens (including phenoxy) is 3. The highest BCUT2D eigenvalue weighted by Crippen LogP contribution is 2.44. The minimum Gasteiger partial charge on any atom is -0.379 e. The van der Waals surface area contributed by atoms with Crippen molar-refractivity contribution in [2.75, 3.05) is 19.8 Å². The lowest BCUT2D eigenvalue weighted by atomic mass is 9.71. The molecular weight excluding hydrogens is 240 g/mol. The average molecular weight is 268 g/mol. The Balaban J connectivity index is 1.44. The Morgan fingerprint density at radius 2 is 1.47 bits per heavy atom. The molecule has 0 N–H and O–H groups in total. The first kappa shape index (κ1) is 13.8. The van der Waals surface area contributed by atoms with Gasteiger partial charge in [0.25, 0.3) is 0 Å². The van der Waals surface area contributed by atoms with Gasteiger partial charge in [0.2, 0.25) is 0 Å². The second-order valence-electron chi connectivity index (χ2n) is 6.44. The van der Waals surface area contributed by atoms with Crippen molar-refractivity contribution >= 4 is 0 Å². The Bertz CT molecular complexity index is 268. The van der Waals surface area contributed by atoms with Gasteiger partial charge in [0.15, 0.2) is 5.79 Å². The zero-order chi connectivity index (χ0) is 13.1. The summed E-state index contributed by atoms with van der Waals surface area (Å²) in [7, 11) is 0. The maximum Gasteiger partial charge on any atom is 0.168 e. The molecule has 1 aliphatic heterocycles. The maximum absolute atomic E-state index is 5.82. The molecule has 1 heterocycles. The third-order valence-corrected chi connectivity index (χ3v) is 5.39. The molecule has 2 aliphatic carbocycles. The van der Waals surface area contributed by atoms with Crippen molar-refractivity contribution in [2.24, 2.45) is 11.8 Å². The van der Waals surface area contributed by atoms with Crippen molar-refractivity contribution in [3.05, 3.63) is 0 Å². The van der Waals surface area contributed by atoms with E-state index in [1.807, 2.05) is 0 Å². The monoisotopic (exact) mass is 268 g/mol. The molecule has 0 amide bonds. The topological polar surface area (TPSA) is 27.7 Å². The van der Waals surface area contributed by atoms with E-state index in [-0.39, 0.29) is 5.79 Å². The molecule has 19 heavy (non-hydrogen) atoms. The molecule has 0 aromatic heterocycles. The van der Waals surface area contributed by atoms with Crippen molar-refractivity contribution in [3.8, 4) is 0 Å². The van der Waals surface area contributed by atoms with E-state index in [2.05, 4.69) is 6.92 Å². The van der Waals surface area contributed by atoms with E-state index >= 15 is 0 Å². The molecule has 0 aromatic carbocycles. The summed E-state index contributed by atoms with van der Waals surface area (Å²) in [6.45, 7) is 4.57. The molecular formula is C16H28O3. The van der Waals surface area contributed by atoms with E-state index in [9.17, 15) is 0 Å². The smallest absolute Gasteiger partial charge is 0.168 e. The van der Waals surface area contributed by atoms with Crippen LogP contribution in [-0.2, 0) is 14.2 Å². The summed E-state index contributed by atoms with van der Waals surface area (Å²) in [6.07, 6.45) is 10.6. The van der Waals surface area contributed by atoms with Gasteiger partial charge in [0.1, 0.15) is 0 Å². The highest BCUT2D eigenvalue weighted by molar-refractivity contribution is 4.87. The molecule has 0 atom stereocenters.